The molecule has 2 aliphatic rings. The molecule has 0 saturated heterocycles. The van der Waals surface area contributed by atoms with Crippen molar-refractivity contribution in [1.29, 1.82) is 0 Å². The molecule has 45 heavy (non-hydrogen) atoms. The summed E-state index contributed by atoms with van der Waals surface area (Å²) in [5.41, 5.74) is 6.10. The van der Waals surface area contributed by atoms with Crippen molar-refractivity contribution in [3.05, 3.63) is 40.2 Å². The number of nitrogens with two attached hydrogens (primary N) is 1. The second-order valence-corrected chi connectivity index (χ2v) is 19.0. The van der Waals surface area contributed by atoms with Gasteiger partial charge in [0.15, 0.2) is 31.0 Å². The molecule has 1 heterocycles. The average molecular weight is 704 g/mol. The van der Waals surface area contributed by atoms with Gasteiger partial charge in [0, 0.05) is 18.5 Å². The van der Waals surface area contributed by atoms with Crippen molar-refractivity contribution in [2.45, 2.75) is 72.2 Å². The van der Waals surface area contributed by atoms with E-state index >= 15 is 0 Å². The Bertz CT molecular complexity index is 1760. The summed E-state index contributed by atoms with van der Waals surface area (Å²) in [7, 11) is 0.746. The first-order chi connectivity index (χ1) is 20.7. The van der Waals surface area contributed by atoms with Gasteiger partial charge in [0.1, 0.15) is 15.3 Å². The van der Waals surface area contributed by atoms with Gasteiger partial charge in [-0.25, -0.2) is 21.8 Å². The molecule has 3 N–H and O–H groups in total. The minimum absolute atomic E-state index is 0.0211. The predicted octanol–water partition coefficient (Wildman–Crippen LogP) is 5.63. The summed E-state index contributed by atoms with van der Waals surface area (Å²) in [6.45, 7) is 7.70. The number of halogens is 2. The van der Waals surface area contributed by atoms with Crippen LogP contribution in [0.2, 0.25) is 10.0 Å². The summed E-state index contributed by atoms with van der Waals surface area (Å²) in [4.78, 5) is 8.46. The molecule has 0 radical (unpaired) electrons. The summed E-state index contributed by atoms with van der Waals surface area (Å²) in [6, 6.07) is 6.11. The topological polar surface area (TPSA) is 147 Å². The number of nitrogens with zero attached hydrogens (tertiary/aromatic N) is 3. The SMILES string of the molecule is CN(C)CC1CC(S(=O)(=O)c2c(Cl)ccc(N)c2O)C1.CN(C)CC1CC(S(=O)(=O)c2c(Cl)ccc3nc(C(C)(C)C)oc23)C1. The summed E-state index contributed by atoms with van der Waals surface area (Å²) in [5.74, 6) is 0.855. The number of sulfone groups is 2. The summed E-state index contributed by atoms with van der Waals surface area (Å²) in [6.07, 6.45) is 2.50. The molecule has 0 amide bonds. The van der Waals surface area contributed by atoms with Crippen LogP contribution in [0.3, 0.4) is 0 Å². The molecule has 1 aromatic heterocycles. The number of aromatic hydroxyl groups is 1. The van der Waals surface area contributed by atoms with Crippen LogP contribution in [-0.4, -0.2) is 88.5 Å². The maximum atomic E-state index is 13.2. The van der Waals surface area contributed by atoms with Crippen LogP contribution in [0.15, 0.2) is 38.5 Å². The standard InChI is InChI=1S/C18H25ClN2O3S.C13H19ClN2O3S/c1-18(2,3)17-20-14-7-6-13(19)16(15(14)24-17)25(22,23)12-8-11(9-12)10-21(4)5;1-16(2)7-8-5-9(6-8)20(18,19)13-10(14)3-4-11(15)12(13)17/h6-7,11-12H,8-10H2,1-5H3;3-4,8-9,17H,5-7,15H2,1-2H3. The van der Waals surface area contributed by atoms with E-state index in [0.29, 0.717) is 48.9 Å². The van der Waals surface area contributed by atoms with Gasteiger partial charge >= 0.3 is 0 Å². The third-order valence-corrected chi connectivity index (χ3v) is 13.6. The molecule has 10 nitrogen and oxygen atoms in total. The number of hydrogen-bond donors (Lipinski definition) is 2. The van der Waals surface area contributed by atoms with Crippen molar-refractivity contribution in [3.63, 3.8) is 0 Å². The van der Waals surface area contributed by atoms with E-state index in [2.05, 4.69) is 9.88 Å². The first-order valence-electron chi connectivity index (χ1n) is 14.9. The number of rotatable bonds is 8. The highest BCUT2D eigenvalue weighted by Crippen LogP contribution is 2.44. The van der Waals surface area contributed by atoms with Crippen LogP contribution in [0.4, 0.5) is 5.69 Å². The number of anilines is 1. The van der Waals surface area contributed by atoms with Gasteiger partial charge in [-0.2, -0.15) is 0 Å². The van der Waals surface area contributed by atoms with E-state index in [1.54, 1.807) is 12.1 Å². The molecule has 2 saturated carbocycles. The fourth-order valence-electron chi connectivity index (χ4n) is 5.88. The monoisotopic (exact) mass is 702 g/mol. The van der Waals surface area contributed by atoms with Crippen LogP contribution in [-0.2, 0) is 25.1 Å². The lowest BCUT2D eigenvalue weighted by molar-refractivity contribution is 0.232. The Kier molecular flexibility index (Phi) is 10.5. The molecule has 0 bridgehead atoms. The highest BCUT2D eigenvalue weighted by Gasteiger charge is 2.43. The Labute approximate surface area is 276 Å². The van der Waals surface area contributed by atoms with E-state index in [9.17, 15) is 21.9 Å². The Balaban J connectivity index is 0.000000210. The maximum Gasteiger partial charge on any atom is 0.200 e. The fraction of sp³-hybridized carbons (Fsp3) is 0.581. The second-order valence-electron chi connectivity index (χ2n) is 13.8. The van der Waals surface area contributed by atoms with E-state index in [1.165, 1.54) is 12.1 Å². The minimum atomic E-state index is -3.64. The van der Waals surface area contributed by atoms with E-state index in [4.69, 9.17) is 33.4 Å². The third-order valence-electron chi connectivity index (χ3n) is 8.30. The van der Waals surface area contributed by atoms with E-state index in [-0.39, 0.29) is 36.5 Å². The van der Waals surface area contributed by atoms with Gasteiger partial charge in [-0.15, -0.1) is 0 Å². The maximum absolute atomic E-state index is 13.2. The number of phenolic OH excluding ortho intramolecular Hbond substituents is 1. The molecule has 0 unspecified atom stereocenters. The van der Waals surface area contributed by atoms with Gasteiger partial charge in [-0.05, 0) is 90.0 Å². The number of fused-ring (bicyclic) bond motifs is 1. The number of nitrogen functional groups attached to an aromatic ring is 1. The Morgan fingerprint density at radius 3 is 1.76 bits per heavy atom. The van der Waals surface area contributed by atoms with Crippen molar-refractivity contribution in [2.75, 3.05) is 47.0 Å². The molecule has 5 rings (SSSR count). The molecular weight excluding hydrogens is 659 g/mol. The summed E-state index contributed by atoms with van der Waals surface area (Å²) in [5, 5.41) is 9.24. The fourth-order valence-corrected chi connectivity index (χ4v) is 11.1. The van der Waals surface area contributed by atoms with E-state index in [0.717, 1.165) is 13.1 Å². The number of phenols is 1. The molecular formula is C31H44Cl2N4O6S2. The lowest BCUT2D eigenvalue weighted by Gasteiger charge is -2.36. The zero-order valence-electron chi connectivity index (χ0n) is 26.8. The number of hydrogen-bond acceptors (Lipinski definition) is 10. The molecule has 3 aromatic rings. The zero-order valence-corrected chi connectivity index (χ0v) is 30.0. The average Bonchev–Trinajstić information content (AvgIpc) is 3.30. The Morgan fingerprint density at radius 1 is 0.844 bits per heavy atom. The van der Waals surface area contributed by atoms with Crippen LogP contribution in [0, 0.1) is 11.8 Å². The first-order valence-corrected chi connectivity index (χ1v) is 18.7. The van der Waals surface area contributed by atoms with Gasteiger partial charge in [0.05, 0.1) is 26.2 Å². The molecule has 2 aromatic carbocycles. The van der Waals surface area contributed by atoms with Crippen molar-refractivity contribution in [2.24, 2.45) is 11.8 Å². The lowest BCUT2D eigenvalue weighted by Crippen LogP contribution is -2.40. The van der Waals surface area contributed by atoms with Crippen LogP contribution < -0.4 is 5.73 Å². The van der Waals surface area contributed by atoms with Gasteiger partial charge in [-0.3, -0.25) is 0 Å². The molecule has 0 spiro atoms. The van der Waals surface area contributed by atoms with Crippen LogP contribution in [0.25, 0.3) is 11.1 Å². The zero-order chi connectivity index (χ0) is 33.6. The molecule has 0 atom stereocenters. The Hall–Kier alpha value is -2.09. The van der Waals surface area contributed by atoms with Crippen molar-refractivity contribution < 1.29 is 26.4 Å². The van der Waals surface area contributed by atoms with Crippen LogP contribution in [0.5, 0.6) is 5.75 Å². The van der Waals surface area contributed by atoms with Crippen LogP contribution >= 0.6 is 23.2 Å². The highest BCUT2D eigenvalue weighted by atomic mass is 35.5. The lowest BCUT2D eigenvalue weighted by atomic mass is 9.84. The van der Waals surface area contributed by atoms with Crippen LogP contribution in [0.1, 0.15) is 52.3 Å². The van der Waals surface area contributed by atoms with Gasteiger partial charge in [0.2, 0.25) is 5.89 Å². The second kappa shape index (κ2) is 13.2. The first kappa shape index (κ1) is 35.8. The van der Waals surface area contributed by atoms with Crippen molar-refractivity contribution >= 4 is 59.7 Å². The number of benzene rings is 2. The Morgan fingerprint density at radius 2 is 1.29 bits per heavy atom. The highest BCUT2D eigenvalue weighted by molar-refractivity contribution is 7.92. The summed E-state index contributed by atoms with van der Waals surface area (Å²) < 4.78 is 57.2. The third kappa shape index (κ3) is 7.57. The van der Waals surface area contributed by atoms with E-state index < -0.39 is 35.9 Å². The van der Waals surface area contributed by atoms with Gasteiger partial charge < -0.3 is 25.1 Å². The number of aromatic nitrogens is 1. The normalized spacial score (nSPS) is 22.2. The van der Waals surface area contributed by atoms with Crippen molar-refractivity contribution in [1.82, 2.24) is 14.8 Å². The molecule has 0 aliphatic heterocycles. The van der Waals surface area contributed by atoms with E-state index in [1.807, 2.05) is 53.9 Å². The quantitative estimate of drug-likeness (QED) is 0.223. The predicted molar refractivity (Wildman–Crippen MR) is 180 cm³/mol. The summed E-state index contributed by atoms with van der Waals surface area (Å²) >= 11 is 12.2. The molecule has 250 valence electrons. The molecule has 14 heteroatoms. The smallest absolute Gasteiger partial charge is 0.200 e. The van der Waals surface area contributed by atoms with Gasteiger partial charge in [-0.1, -0.05) is 44.0 Å². The largest absolute Gasteiger partial charge is 0.504 e. The molecule has 2 fully saturated rings. The number of oxazole rings is 1. The molecule has 2 aliphatic carbocycles. The minimum Gasteiger partial charge on any atom is -0.504 e. The van der Waals surface area contributed by atoms with Gasteiger partial charge in [0.25, 0.3) is 0 Å². The van der Waals surface area contributed by atoms with Crippen molar-refractivity contribution in [3.8, 4) is 5.75 Å².